The number of fused-ring (bicyclic) bond motifs is 1. The fourth-order valence-electron chi connectivity index (χ4n) is 2.05. The van der Waals surface area contributed by atoms with Gasteiger partial charge in [-0.15, -0.1) is 11.6 Å². The SMILES string of the molecule is CCCCN(CCCl)c1cc(C)cc2ncnn12. The monoisotopic (exact) mass is 266 g/mol. The van der Waals surface area contributed by atoms with Crippen LogP contribution in [0.5, 0.6) is 0 Å². The molecule has 0 aromatic carbocycles. The minimum absolute atomic E-state index is 0.619. The highest BCUT2D eigenvalue weighted by atomic mass is 35.5. The summed E-state index contributed by atoms with van der Waals surface area (Å²) < 4.78 is 1.88. The Morgan fingerprint density at radius 2 is 2.17 bits per heavy atom. The number of nitrogens with zero attached hydrogens (tertiary/aromatic N) is 4. The second-order valence-electron chi connectivity index (χ2n) is 4.45. The molecular weight excluding hydrogens is 248 g/mol. The molecule has 18 heavy (non-hydrogen) atoms. The van der Waals surface area contributed by atoms with Gasteiger partial charge in [-0.3, -0.25) is 0 Å². The zero-order valence-electron chi connectivity index (χ0n) is 10.9. The lowest BCUT2D eigenvalue weighted by atomic mass is 10.2. The van der Waals surface area contributed by atoms with Crippen LogP contribution in [0, 0.1) is 6.92 Å². The van der Waals surface area contributed by atoms with Crippen LogP contribution in [0.1, 0.15) is 25.3 Å². The second kappa shape index (κ2) is 6.05. The summed E-state index contributed by atoms with van der Waals surface area (Å²) in [5, 5.41) is 4.29. The highest BCUT2D eigenvalue weighted by Gasteiger charge is 2.11. The van der Waals surface area contributed by atoms with Crippen LogP contribution in [-0.4, -0.2) is 33.6 Å². The number of halogens is 1. The van der Waals surface area contributed by atoms with E-state index in [1.165, 1.54) is 12.0 Å². The maximum Gasteiger partial charge on any atom is 0.157 e. The maximum atomic E-state index is 5.90. The average Bonchev–Trinajstić information content (AvgIpc) is 2.81. The molecule has 5 heteroatoms. The lowest BCUT2D eigenvalue weighted by Crippen LogP contribution is -2.28. The van der Waals surface area contributed by atoms with E-state index in [1.807, 2.05) is 10.6 Å². The largest absolute Gasteiger partial charge is 0.355 e. The number of hydrogen-bond donors (Lipinski definition) is 0. The number of pyridine rings is 1. The van der Waals surface area contributed by atoms with Crippen LogP contribution in [-0.2, 0) is 0 Å². The zero-order chi connectivity index (χ0) is 13.0. The fourth-order valence-corrected chi connectivity index (χ4v) is 2.26. The fraction of sp³-hybridized carbons (Fsp3) is 0.538. The molecule has 2 aromatic rings. The summed E-state index contributed by atoms with van der Waals surface area (Å²) in [5.41, 5.74) is 2.09. The molecule has 4 nitrogen and oxygen atoms in total. The van der Waals surface area contributed by atoms with Crippen LogP contribution in [0.3, 0.4) is 0 Å². The summed E-state index contributed by atoms with van der Waals surface area (Å²) >= 11 is 5.90. The van der Waals surface area contributed by atoms with Crippen LogP contribution in [0.2, 0.25) is 0 Å². The number of aromatic nitrogens is 3. The van der Waals surface area contributed by atoms with Gasteiger partial charge in [-0.25, -0.2) is 4.98 Å². The van der Waals surface area contributed by atoms with Crippen LogP contribution in [0.4, 0.5) is 5.82 Å². The molecule has 0 saturated carbocycles. The number of alkyl halides is 1. The van der Waals surface area contributed by atoms with Crippen LogP contribution < -0.4 is 4.90 Å². The Bertz CT molecular complexity index is 509. The van der Waals surface area contributed by atoms with E-state index in [9.17, 15) is 0 Å². The van der Waals surface area contributed by atoms with Crippen LogP contribution >= 0.6 is 11.6 Å². The summed E-state index contributed by atoms with van der Waals surface area (Å²) in [4.78, 5) is 6.54. The van der Waals surface area contributed by atoms with E-state index in [2.05, 4.69) is 34.9 Å². The number of aryl methyl sites for hydroxylation is 1. The molecule has 0 bridgehead atoms. The molecule has 0 aliphatic rings. The molecule has 2 aromatic heterocycles. The number of rotatable bonds is 6. The summed E-state index contributed by atoms with van der Waals surface area (Å²) in [5.74, 6) is 1.70. The van der Waals surface area contributed by atoms with Crippen LogP contribution in [0.15, 0.2) is 18.5 Å². The Balaban J connectivity index is 2.38. The summed E-state index contributed by atoms with van der Waals surface area (Å²) in [6.07, 6.45) is 3.92. The van der Waals surface area contributed by atoms with Gasteiger partial charge in [0.1, 0.15) is 12.1 Å². The standard InChI is InChI=1S/C13H19ClN4/c1-3-4-6-17(7-5-14)13-9-11(2)8-12-15-10-16-18(12)13/h8-10H,3-7H2,1-2H3. The van der Waals surface area contributed by atoms with Crippen molar-refractivity contribution in [3.8, 4) is 0 Å². The second-order valence-corrected chi connectivity index (χ2v) is 4.83. The van der Waals surface area contributed by atoms with Gasteiger partial charge in [0.05, 0.1) is 0 Å². The number of unbranched alkanes of at least 4 members (excludes halogenated alkanes) is 1. The van der Waals surface area contributed by atoms with Crippen molar-refractivity contribution in [3.63, 3.8) is 0 Å². The number of anilines is 1. The lowest BCUT2D eigenvalue weighted by molar-refractivity contribution is 0.712. The van der Waals surface area contributed by atoms with Crippen molar-refractivity contribution in [3.05, 3.63) is 24.0 Å². The molecule has 0 amide bonds. The quantitative estimate of drug-likeness (QED) is 0.754. The van der Waals surface area contributed by atoms with Gasteiger partial charge >= 0.3 is 0 Å². The van der Waals surface area contributed by atoms with Gasteiger partial charge in [-0.05, 0) is 31.0 Å². The molecule has 0 aliphatic carbocycles. The van der Waals surface area contributed by atoms with Gasteiger partial charge in [-0.2, -0.15) is 9.61 Å². The first-order valence-electron chi connectivity index (χ1n) is 6.37. The average molecular weight is 267 g/mol. The van der Waals surface area contributed by atoms with E-state index in [1.54, 1.807) is 6.33 Å². The molecule has 0 N–H and O–H groups in total. The predicted octanol–water partition coefficient (Wildman–Crippen LogP) is 2.88. The molecule has 98 valence electrons. The van der Waals surface area contributed by atoms with Gasteiger partial charge < -0.3 is 4.90 Å². The minimum Gasteiger partial charge on any atom is -0.355 e. The first kappa shape index (κ1) is 13.1. The molecule has 0 atom stereocenters. The van der Waals surface area contributed by atoms with Crippen molar-refractivity contribution in [2.45, 2.75) is 26.7 Å². The third kappa shape index (κ3) is 2.75. The first-order valence-corrected chi connectivity index (χ1v) is 6.91. The highest BCUT2D eigenvalue weighted by molar-refractivity contribution is 6.18. The van der Waals surface area contributed by atoms with Crippen molar-refractivity contribution in [2.24, 2.45) is 0 Å². The van der Waals surface area contributed by atoms with Crippen molar-refractivity contribution < 1.29 is 0 Å². The Morgan fingerprint density at radius 3 is 2.89 bits per heavy atom. The minimum atomic E-state index is 0.619. The lowest BCUT2D eigenvalue weighted by Gasteiger charge is -2.24. The van der Waals surface area contributed by atoms with Gasteiger partial charge in [0.2, 0.25) is 0 Å². The van der Waals surface area contributed by atoms with E-state index in [-0.39, 0.29) is 0 Å². The smallest absolute Gasteiger partial charge is 0.157 e. The molecule has 0 radical (unpaired) electrons. The molecular formula is C13H19ClN4. The zero-order valence-corrected chi connectivity index (χ0v) is 11.7. The Morgan fingerprint density at radius 1 is 1.33 bits per heavy atom. The van der Waals surface area contributed by atoms with Gasteiger partial charge in [0.15, 0.2) is 5.65 Å². The summed E-state index contributed by atoms with van der Waals surface area (Å²) in [6.45, 7) is 6.11. The Labute approximate surface area is 113 Å². The Kier molecular flexibility index (Phi) is 4.42. The molecule has 0 aliphatic heterocycles. The van der Waals surface area contributed by atoms with E-state index >= 15 is 0 Å². The Hall–Kier alpha value is -1.29. The summed E-state index contributed by atoms with van der Waals surface area (Å²) in [6, 6.07) is 4.18. The van der Waals surface area contributed by atoms with E-state index in [4.69, 9.17) is 11.6 Å². The third-order valence-electron chi connectivity index (χ3n) is 2.96. The van der Waals surface area contributed by atoms with Crippen molar-refractivity contribution >= 4 is 23.1 Å². The molecule has 0 fully saturated rings. The molecule has 2 heterocycles. The van der Waals surface area contributed by atoms with E-state index in [0.717, 1.165) is 31.0 Å². The first-order chi connectivity index (χ1) is 8.76. The van der Waals surface area contributed by atoms with Crippen molar-refractivity contribution in [2.75, 3.05) is 23.9 Å². The van der Waals surface area contributed by atoms with E-state index < -0.39 is 0 Å². The maximum absolute atomic E-state index is 5.90. The highest BCUT2D eigenvalue weighted by Crippen LogP contribution is 2.18. The van der Waals surface area contributed by atoms with Gasteiger partial charge in [0, 0.05) is 19.0 Å². The molecule has 0 unspecified atom stereocenters. The molecule has 0 saturated heterocycles. The topological polar surface area (TPSA) is 33.4 Å². The van der Waals surface area contributed by atoms with E-state index in [0.29, 0.717) is 5.88 Å². The van der Waals surface area contributed by atoms with Crippen LogP contribution in [0.25, 0.3) is 5.65 Å². The predicted molar refractivity (Wildman–Crippen MR) is 75.6 cm³/mol. The van der Waals surface area contributed by atoms with Crippen molar-refractivity contribution in [1.82, 2.24) is 14.6 Å². The normalized spacial score (nSPS) is 11.1. The summed E-state index contributed by atoms with van der Waals surface area (Å²) in [7, 11) is 0. The van der Waals surface area contributed by atoms with Gasteiger partial charge in [0.25, 0.3) is 0 Å². The number of hydrogen-bond acceptors (Lipinski definition) is 3. The third-order valence-corrected chi connectivity index (χ3v) is 3.13. The van der Waals surface area contributed by atoms with Gasteiger partial charge in [-0.1, -0.05) is 13.3 Å². The molecule has 2 rings (SSSR count). The molecule has 0 spiro atoms. The van der Waals surface area contributed by atoms with Crippen molar-refractivity contribution in [1.29, 1.82) is 0 Å².